The van der Waals surface area contributed by atoms with Crippen LogP contribution in [0.4, 0.5) is 0 Å². The molecule has 0 N–H and O–H groups in total. The summed E-state index contributed by atoms with van der Waals surface area (Å²) in [7, 11) is 1.64. The van der Waals surface area contributed by atoms with Crippen molar-refractivity contribution in [1.82, 2.24) is 4.57 Å². The number of fused-ring (bicyclic) bond motifs is 1. The maximum atomic E-state index is 12.5. The minimum Gasteiger partial charge on any atom is -0.495 e. The predicted octanol–water partition coefficient (Wildman–Crippen LogP) is 3.35. The number of para-hydroxylation sites is 1. The minimum atomic E-state index is -0.0130. The van der Waals surface area contributed by atoms with Crippen molar-refractivity contribution in [1.29, 1.82) is 0 Å². The van der Waals surface area contributed by atoms with Crippen LogP contribution in [-0.2, 0) is 11.3 Å². The third-order valence-corrected chi connectivity index (χ3v) is 5.34. The second-order valence-corrected chi connectivity index (χ2v) is 6.78. The molecule has 0 bridgehead atoms. The number of ether oxygens (including phenoxy) is 1. The fourth-order valence-corrected chi connectivity index (χ4v) is 4.17. The maximum absolute atomic E-state index is 12.5. The Morgan fingerprint density at radius 2 is 2.22 bits per heavy atom. The van der Waals surface area contributed by atoms with E-state index in [2.05, 4.69) is 10.9 Å². The van der Waals surface area contributed by atoms with Crippen molar-refractivity contribution in [2.45, 2.75) is 38.6 Å². The lowest BCUT2D eigenvalue weighted by Crippen LogP contribution is -2.21. The normalized spacial score (nSPS) is 16.4. The van der Waals surface area contributed by atoms with E-state index >= 15 is 0 Å². The highest BCUT2D eigenvalue weighted by Gasteiger charge is 2.21. The van der Waals surface area contributed by atoms with E-state index in [0.717, 1.165) is 41.6 Å². The van der Waals surface area contributed by atoms with E-state index in [-0.39, 0.29) is 11.8 Å². The van der Waals surface area contributed by atoms with Crippen LogP contribution in [0.1, 0.15) is 32.1 Å². The lowest BCUT2D eigenvalue weighted by molar-refractivity contribution is -0.122. The van der Waals surface area contributed by atoms with Crippen LogP contribution in [0.3, 0.4) is 0 Å². The molecule has 0 unspecified atom stereocenters. The molecule has 0 saturated heterocycles. The van der Waals surface area contributed by atoms with E-state index in [0.29, 0.717) is 11.3 Å². The molecule has 1 saturated carbocycles. The van der Waals surface area contributed by atoms with Crippen LogP contribution in [0, 0.1) is 18.3 Å². The quantitative estimate of drug-likeness (QED) is 0.811. The highest BCUT2D eigenvalue weighted by Crippen LogP contribution is 2.28. The van der Waals surface area contributed by atoms with E-state index in [1.165, 1.54) is 17.8 Å². The van der Waals surface area contributed by atoms with Gasteiger partial charge in [0.1, 0.15) is 11.3 Å². The van der Waals surface area contributed by atoms with Crippen molar-refractivity contribution in [3.63, 3.8) is 0 Å². The zero-order valence-corrected chi connectivity index (χ0v) is 14.1. The number of hydrogen-bond acceptors (Lipinski definition) is 3. The summed E-state index contributed by atoms with van der Waals surface area (Å²) in [5, 5.41) is 0. The first kappa shape index (κ1) is 15.8. The van der Waals surface area contributed by atoms with E-state index in [1.54, 1.807) is 7.11 Å². The molecule has 1 aromatic heterocycles. The fourth-order valence-electron chi connectivity index (χ4n) is 3.12. The molecule has 0 atom stereocenters. The molecule has 2 aromatic rings. The maximum Gasteiger partial charge on any atom is 0.251 e. The van der Waals surface area contributed by atoms with E-state index in [9.17, 15) is 4.79 Å². The summed E-state index contributed by atoms with van der Waals surface area (Å²) >= 11 is 1.49. The van der Waals surface area contributed by atoms with Crippen LogP contribution in [-0.4, -0.2) is 17.6 Å². The van der Waals surface area contributed by atoms with Gasteiger partial charge in [0.15, 0.2) is 4.80 Å². The Balaban J connectivity index is 2.09. The van der Waals surface area contributed by atoms with Gasteiger partial charge in [0.2, 0.25) is 0 Å². The number of rotatable bonds is 3. The summed E-state index contributed by atoms with van der Waals surface area (Å²) in [4.78, 5) is 17.6. The molecular weight excluding hydrogens is 308 g/mol. The Labute approximate surface area is 139 Å². The summed E-state index contributed by atoms with van der Waals surface area (Å²) in [6.45, 7) is 0.372. The number of methoxy groups -OCH3 is 1. The van der Waals surface area contributed by atoms with Gasteiger partial charge in [-0.25, -0.2) is 0 Å². The Bertz CT molecular complexity index is 820. The molecule has 1 amide bonds. The molecule has 1 fully saturated rings. The largest absolute Gasteiger partial charge is 0.495 e. The third kappa shape index (κ3) is 3.18. The number of amides is 1. The minimum absolute atomic E-state index is 0.0130. The highest BCUT2D eigenvalue weighted by atomic mass is 32.1. The van der Waals surface area contributed by atoms with Crippen molar-refractivity contribution in [2.75, 3.05) is 7.11 Å². The molecule has 0 aliphatic heterocycles. The van der Waals surface area contributed by atoms with Gasteiger partial charge in [-0.1, -0.05) is 42.6 Å². The fraction of sp³-hybridized carbons (Fsp3) is 0.444. The molecule has 4 nitrogen and oxygen atoms in total. The van der Waals surface area contributed by atoms with Gasteiger partial charge in [-0.2, -0.15) is 4.99 Å². The van der Waals surface area contributed by atoms with Gasteiger partial charge >= 0.3 is 0 Å². The van der Waals surface area contributed by atoms with Crippen molar-refractivity contribution in [3.8, 4) is 18.1 Å². The van der Waals surface area contributed by atoms with Gasteiger partial charge in [0.25, 0.3) is 5.91 Å². The van der Waals surface area contributed by atoms with E-state index in [1.807, 2.05) is 22.8 Å². The summed E-state index contributed by atoms with van der Waals surface area (Å²) < 4.78 is 8.37. The SMILES string of the molecule is C#CCn1c(=NC(=O)C2CCCCC2)sc2cccc(OC)c21. The van der Waals surface area contributed by atoms with Gasteiger partial charge in [-0.15, -0.1) is 6.42 Å². The van der Waals surface area contributed by atoms with Crippen LogP contribution in [0.25, 0.3) is 10.2 Å². The Morgan fingerprint density at radius 1 is 1.43 bits per heavy atom. The topological polar surface area (TPSA) is 43.6 Å². The molecule has 120 valence electrons. The lowest BCUT2D eigenvalue weighted by atomic mass is 9.89. The molecule has 0 radical (unpaired) electrons. The number of thiazole rings is 1. The summed E-state index contributed by atoms with van der Waals surface area (Å²) in [5.74, 6) is 3.45. The van der Waals surface area contributed by atoms with Gasteiger partial charge in [0.05, 0.1) is 18.4 Å². The number of terminal acetylenes is 1. The van der Waals surface area contributed by atoms with Crippen molar-refractivity contribution >= 4 is 27.5 Å². The number of carbonyl (C=O) groups is 1. The second-order valence-electron chi connectivity index (χ2n) is 5.77. The molecule has 1 aliphatic carbocycles. The Morgan fingerprint density at radius 3 is 2.91 bits per heavy atom. The summed E-state index contributed by atoms with van der Waals surface area (Å²) in [5.41, 5.74) is 0.910. The first-order valence-electron chi connectivity index (χ1n) is 7.93. The first-order chi connectivity index (χ1) is 11.2. The van der Waals surface area contributed by atoms with Crippen molar-refractivity contribution in [3.05, 3.63) is 23.0 Å². The van der Waals surface area contributed by atoms with Crippen LogP contribution < -0.4 is 9.54 Å². The van der Waals surface area contributed by atoms with E-state index < -0.39 is 0 Å². The number of aromatic nitrogens is 1. The first-order valence-corrected chi connectivity index (χ1v) is 8.74. The number of carbonyl (C=O) groups excluding carboxylic acids is 1. The van der Waals surface area contributed by atoms with Crippen LogP contribution in [0.2, 0.25) is 0 Å². The number of hydrogen-bond donors (Lipinski definition) is 0. The van der Waals surface area contributed by atoms with Crippen molar-refractivity contribution in [2.24, 2.45) is 10.9 Å². The molecule has 1 aromatic carbocycles. The molecule has 5 heteroatoms. The van der Waals surface area contributed by atoms with Crippen LogP contribution >= 0.6 is 11.3 Å². The molecule has 1 aliphatic rings. The van der Waals surface area contributed by atoms with E-state index in [4.69, 9.17) is 11.2 Å². The monoisotopic (exact) mass is 328 g/mol. The van der Waals surface area contributed by atoms with Crippen molar-refractivity contribution < 1.29 is 9.53 Å². The molecule has 0 spiro atoms. The average Bonchev–Trinajstić information content (AvgIpc) is 2.93. The molecule has 1 heterocycles. The highest BCUT2D eigenvalue weighted by molar-refractivity contribution is 7.16. The van der Waals surface area contributed by atoms with Gasteiger partial charge in [0, 0.05) is 5.92 Å². The molecule has 3 rings (SSSR count). The predicted molar refractivity (Wildman–Crippen MR) is 92.3 cm³/mol. The second kappa shape index (κ2) is 7.01. The Kier molecular flexibility index (Phi) is 4.82. The van der Waals surface area contributed by atoms with Gasteiger partial charge < -0.3 is 9.30 Å². The Hall–Kier alpha value is -2.06. The standard InChI is InChI=1S/C18H20N2O2S/c1-3-12-20-16-14(22-2)10-7-11-15(16)23-18(20)19-17(21)13-8-5-4-6-9-13/h1,7,10-11,13H,4-6,8-9,12H2,2H3. The molecular formula is C18H20N2O2S. The average molecular weight is 328 g/mol. The van der Waals surface area contributed by atoms with Gasteiger partial charge in [-0.3, -0.25) is 4.79 Å². The van der Waals surface area contributed by atoms with Gasteiger partial charge in [-0.05, 0) is 25.0 Å². The van der Waals surface area contributed by atoms with Crippen LogP contribution in [0.5, 0.6) is 5.75 Å². The summed E-state index contributed by atoms with van der Waals surface area (Å²) in [6, 6.07) is 5.83. The number of nitrogens with zero attached hydrogens (tertiary/aromatic N) is 2. The zero-order chi connectivity index (χ0) is 16.2. The van der Waals surface area contributed by atoms with Crippen LogP contribution in [0.15, 0.2) is 23.2 Å². The molecule has 23 heavy (non-hydrogen) atoms. The third-order valence-electron chi connectivity index (χ3n) is 4.29. The lowest BCUT2D eigenvalue weighted by Gasteiger charge is -2.17. The zero-order valence-electron chi connectivity index (χ0n) is 13.2. The number of benzene rings is 1. The smallest absolute Gasteiger partial charge is 0.251 e. The summed E-state index contributed by atoms with van der Waals surface area (Å²) in [6.07, 6.45) is 10.9.